The van der Waals surface area contributed by atoms with Crippen molar-refractivity contribution in [2.45, 2.75) is 45.1 Å². The van der Waals surface area contributed by atoms with Crippen molar-refractivity contribution in [1.82, 2.24) is 9.97 Å². The summed E-state index contributed by atoms with van der Waals surface area (Å²) in [5.74, 6) is 1.62. The van der Waals surface area contributed by atoms with Crippen LogP contribution in [-0.2, 0) is 0 Å². The summed E-state index contributed by atoms with van der Waals surface area (Å²) in [6.07, 6.45) is 8.50. The monoisotopic (exact) mass is 193 g/mol. The Kier molecular flexibility index (Phi) is 2.87. The zero-order chi connectivity index (χ0) is 9.97. The Balaban J connectivity index is 2.03. The summed E-state index contributed by atoms with van der Waals surface area (Å²) in [6.45, 7) is 1.97. The van der Waals surface area contributed by atoms with Gasteiger partial charge in [-0.25, -0.2) is 4.98 Å². The highest BCUT2D eigenvalue weighted by atomic mass is 14.9. The van der Waals surface area contributed by atoms with Crippen LogP contribution in [0.2, 0.25) is 0 Å². The molecule has 1 fully saturated rings. The summed E-state index contributed by atoms with van der Waals surface area (Å²) in [5.41, 5.74) is 7.32. The van der Waals surface area contributed by atoms with Crippen LogP contribution < -0.4 is 5.73 Å². The Morgan fingerprint density at radius 3 is 2.71 bits per heavy atom. The summed E-state index contributed by atoms with van der Waals surface area (Å²) in [7, 11) is 0. The molecular weight excluding hydrogens is 174 g/mol. The Labute approximate surface area is 85.1 Å². The minimum absolute atomic E-state index is 0.163. The number of imidazole rings is 1. The smallest absolute Gasteiger partial charge is 0.103 e. The molecule has 1 unspecified atom stereocenters. The van der Waals surface area contributed by atoms with Crippen LogP contribution in [0.15, 0.2) is 6.20 Å². The van der Waals surface area contributed by atoms with E-state index in [1.54, 1.807) is 0 Å². The van der Waals surface area contributed by atoms with Crippen molar-refractivity contribution in [1.29, 1.82) is 0 Å². The number of aromatic nitrogens is 2. The van der Waals surface area contributed by atoms with Gasteiger partial charge in [-0.15, -0.1) is 0 Å². The van der Waals surface area contributed by atoms with Gasteiger partial charge in [0.1, 0.15) is 5.82 Å². The van der Waals surface area contributed by atoms with Crippen LogP contribution in [0.4, 0.5) is 0 Å². The van der Waals surface area contributed by atoms with Crippen LogP contribution in [0.5, 0.6) is 0 Å². The van der Waals surface area contributed by atoms with E-state index in [4.69, 9.17) is 5.73 Å². The maximum absolute atomic E-state index is 6.21. The molecular formula is C11H19N3. The molecule has 78 valence electrons. The molecule has 3 N–H and O–H groups in total. The lowest BCUT2D eigenvalue weighted by Crippen LogP contribution is -2.23. The first kappa shape index (κ1) is 9.71. The molecule has 1 atom stereocenters. The third-order valence-electron chi connectivity index (χ3n) is 3.24. The topological polar surface area (TPSA) is 54.7 Å². The fourth-order valence-electron chi connectivity index (χ4n) is 2.36. The van der Waals surface area contributed by atoms with E-state index >= 15 is 0 Å². The van der Waals surface area contributed by atoms with E-state index in [-0.39, 0.29) is 6.04 Å². The summed E-state index contributed by atoms with van der Waals surface area (Å²) >= 11 is 0. The van der Waals surface area contributed by atoms with Crippen molar-refractivity contribution in [3.63, 3.8) is 0 Å². The van der Waals surface area contributed by atoms with E-state index in [1.807, 2.05) is 13.1 Å². The Morgan fingerprint density at radius 1 is 1.43 bits per heavy atom. The third kappa shape index (κ3) is 1.98. The Hall–Kier alpha value is -0.830. The van der Waals surface area contributed by atoms with Gasteiger partial charge in [-0.1, -0.05) is 19.3 Å². The van der Waals surface area contributed by atoms with Gasteiger partial charge in [0.25, 0.3) is 0 Å². The van der Waals surface area contributed by atoms with Crippen molar-refractivity contribution >= 4 is 0 Å². The number of nitrogens with two attached hydrogens (primary N) is 1. The highest BCUT2D eigenvalue weighted by Gasteiger charge is 2.22. The standard InChI is InChI=1S/C11H19N3/c1-8-13-7-10(14-8)11(12)9-5-3-2-4-6-9/h7,9,11H,2-6,12H2,1H3,(H,13,14). The molecule has 3 heteroatoms. The van der Waals surface area contributed by atoms with Gasteiger partial charge >= 0.3 is 0 Å². The first-order valence-corrected chi connectivity index (χ1v) is 5.54. The maximum Gasteiger partial charge on any atom is 0.103 e. The summed E-state index contributed by atoms with van der Waals surface area (Å²) in [5, 5.41) is 0. The van der Waals surface area contributed by atoms with Crippen LogP contribution in [0.25, 0.3) is 0 Å². The van der Waals surface area contributed by atoms with Gasteiger partial charge in [-0.05, 0) is 25.7 Å². The van der Waals surface area contributed by atoms with Crippen LogP contribution in [0, 0.1) is 12.8 Å². The highest BCUT2D eigenvalue weighted by Crippen LogP contribution is 2.31. The highest BCUT2D eigenvalue weighted by molar-refractivity contribution is 5.07. The average Bonchev–Trinajstić information content (AvgIpc) is 2.65. The fraction of sp³-hybridized carbons (Fsp3) is 0.727. The first-order chi connectivity index (χ1) is 6.77. The van der Waals surface area contributed by atoms with Crippen LogP contribution in [0.1, 0.15) is 49.7 Å². The number of rotatable bonds is 2. The predicted molar refractivity (Wildman–Crippen MR) is 56.8 cm³/mol. The summed E-state index contributed by atoms with van der Waals surface area (Å²) in [4.78, 5) is 7.43. The number of hydrogen-bond donors (Lipinski definition) is 2. The Morgan fingerprint density at radius 2 is 2.14 bits per heavy atom. The van der Waals surface area contributed by atoms with Gasteiger partial charge in [0.15, 0.2) is 0 Å². The third-order valence-corrected chi connectivity index (χ3v) is 3.24. The molecule has 1 heterocycles. The molecule has 0 saturated heterocycles. The van der Waals surface area contributed by atoms with Gasteiger partial charge in [-0.3, -0.25) is 0 Å². The normalized spacial score (nSPS) is 21.0. The fourth-order valence-corrected chi connectivity index (χ4v) is 2.36. The van der Waals surface area contributed by atoms with Crippen molar-refractivity contribution in [2.24, 2.45) is 11.7 Å². The van der Waals surface area contributed by atoms with Gasteiger partial charge in [-0.2, -0.15) is 0 Å². The van der Waals surface area contributed by atoms with Crippen molar-refractivity contribution in [3.8, 4) is 0 Å². The second-order valence-corrected chi connectivity index (χ2v) is 4.35. The van der Waals surface area contributed by atoms with Crippen molar-refractivity contribution in [3.05, 3.63) is 17.7 Å². The lowest BCUT2D eigenvalue weighted by molar-refractivity contribution is 0.305. The van der Waals surface area contributed by atoms with Gasteiger partial charge in [0, 0.05) is 12.2 Å². The molecule has 2 rings (SSSR count). The van der Waals surface area contributed by atoms with E-state index in [2.05, 4.69) is 9.97 Å². The van der Waals surface area contributed by atoms with Crippen LogP contribution >= 0.6 is 0 Å². The first-order valence-electron chi connectivity index (χ1n) is 5.54. The lowest BCUT2D eigenvalue weighted by Gasteiger charge is -2.26. The van der Waals surface area contributed by atoms with E-state index in [9.17, 15) is 0 Å². The lowest BCUT2D eigenvalue weighted by atomic mass is 9.83. The quantitative estimate of drug-likeness (QED) is 0.757. The molecule has 0 aliphatic heterocycles. The number of aromatic amines is 1. The predicted octanol–water partition coefficient (Wildman–Crippen LogP) is 2.30. The minimum Gasteiger partial charge on any atom is -0.345 e. The van der Waals surface area contributed by atoms with Crippen molar-refractivity contribution < 1.29 is 0 Å². The summed E-state index contributed by atoms with van der Waals surface area (Å²) in [6, 6.07) is 0.163. The molecule has 0 aromatic carbocycles. The molecule has 0 amide bonds. The maximum atomic E-state index is 6.21. The number of H-pyrrole nitrogens is 1. The number of aryl methyl sites for hydroxylation is 1. The molecule has 1 aromatic rings. The number of hydrogen-bond acceptors (Lipinski definition) is 2. The van der Waals surface area contributed by atoms with E-state index in [0.29, 0.717) is 5.92 Å². The second kappa shape index (κ2) is 4.13. The van der Waals surface area contributed by atoms with Gasteiger partial charge in [0.2, 0.25) is 0 Å². The van der Waals surface area contributed by atoms with Gasteiger partial charge in [0.05, 0.1) is 5.69 Å². The molecule has 1 aliphatic rings. The van der Waals surface area contributed by atoms with E-state index in [1.165, 1.54) is 32.1 Å². The van der Waals surface area contributed by atoms with Crippen molar-refractivity contribution in [2.75, 3.05) is 0 Å². The molecule has 1 aromatic heterocycles. The van der Waals surface area contributed by atoms with E-state index < -0.39 is 0 Å². The number of nitrogens with one attached hydrogen (secondary N) is 1. The van der Waals surface area contributed by atoms with Gasteiger partial charge < -0.3 is 10.7 Å². The number of nitrogens with zero attached hydrogens (tertiary/aromatic N) is 1. The molecule has 14 heavy (non-hydrogen) atoms. The SMILES string of the molecule is Cc1ncc(C(N)C2CCCCC2)[nH]1. The zero-order valence-electron chi connectivity index (χ0n) is 8.79. The van der Waals surface area contributed by atoms with Crippen LogP contribution in [0.3, 0.4) is 0 Å². The Bertz CT molecular complexity index is 286. The molecule has 0 spiro atoms. The zero-order valence-corrected chi connectivity index (χ0v) is 8.79. The minimum atomic E-state index is 0.163. The molecule has 3 nitrogen and oxygen atoms in total. The van der Waals surface area contributed by atoms with E-state index in [0.717, 1.165) is 11.5 Å². The molecule has 0 radical (unpaired) electrons. The molecule has 0 bridgehead atoms. The second-order valence-electron chi connectivity index (χ2n) is 4.35. The summed E-state index contributed by atoms with van der Waals surface area (Å²) < 4.78 is 0. The van der Waals surface area contributed by atoms with Crippen LogP contribution in [-0.4, -0.2) is 9.97 Å². The molecule has 1 aliphatic carbocycles. The average molecular weight is 193 g/mol. The largest absolute Gasteiger partial charge is 0.345 e. The molecule has 1 saturated carbocycles.